The third kappa shape index (κ3) is 1.62. The van der Waals surface area contributed by atoms with Crippen molar-refractivity contribution in [1.29, 1.82) is 0 Å². The molecule has 1 fully saturated rings. The molecule has 0 amide bonds. The maximum atomic E-state index is 5.85. The van der Waals surface area contributed by atoms with E-state index >= 15 is 0 Å². The molecule has 0 saturated carbocycles. The van der Waals surface area contributed by atoms with E-state index in [0.29, 0.717) is 12.0 Å². The third-order valence-corrected chi connectivity index (χ3v) is 4.51. The smallest absolute Gasteiger partial charge is 0.139 e. The Kier molecular flexibility index (Phi) is 2.62. The monoisotopic (exact) mass is 270 g/mol. The summed E-state index contributed by atoms with van der Waals surface area (Å²) in [6.07, 6.45) is 4.58. The van der Waals surface area contributed by atoms with E-state index in [0.717, 1.165) is 41.4 Å². The first kappa shape index (κ1) is 12.0. The highest BCUT2D eigenvalue weighted by atomic mass is 16.3. The highest BCUT2D eigenvalue weighted by molar-refractivity contribution is 5.98. The molecule has 2 atom stereocenters. The minimum Gasteiger partial charge on any atom is -0.464 e. The number of hydrogen-bond acceptors (Lipinski definition) is 4. The standard InChI is InChI=1S/C16H18N2O2/c1-18-9-10(8-17)6-13(18)15-12-3-5-19-14(12)7-11-2-4-20-16(11)15/h2-5,7,10,13H,6,8-9,17H2,1H3. The van der Waals surface area contributed by atoms with Gasteiger partial charge in [-0.05, 0) is 44.1 Å². The fourth-order valence-corrected chi connectivity index (χ4v) is 3.52. The van der Waals surface area contributed by atoms with Crippen molar-refractivity contribution in [3.05, 3.63) is 36.3 Å². The number of nitrogens with two attached hydrogens (primary N) is 1. The van der Waals surface area contributed by atoms with Crippen LogP contribution in [0.2, 0.25) is 0 Å². The van der Waals surface area contributed by atoms with Crippen molar-refractivity contribution < 1.29 is 8.83 Å². The lowest BCUT2D eigenvalue weighted by Crippen LogP contribution is -2.20. The number of hydrogen-bond donors (Lipinski definition) is 1. The Morgan fingerprint density at radius 2 is 2.15 bits per heavy atom. The van der Waals surface area contributed by atoms with Gasteiger partial charge in [0.2, 0.25) is 0 Å². The molecule has 3 aromatic rings. The van der Waals surface area contributed by atoms with Crippen molar-refractivity contribution in [1.82, 2.24) is 4.90 Å². The molecule has 4 nitrogen and oxygen atoms in total. The molecule has 0 bridgehead atoms. The van der Waals surface area contributed by atoms with Crippen molar-refractivity contribution in [2.75, 3.05) is 20.1 Å². The van der Waals surface area contributed by atoms with Gasteiger partial charge in [0.15, 0.2) is 0 Å². The first-order valence-corrected chi connectivity index (χ1v) is 7.05. The maximum Gasteiger partial charge on any atom is 0.139 e. The minimum atomic E-state index is 0.346. The fraction of sp³-hybridized carbons (Fsp3) is 0.375. The lowest BCUT2D eigenvalue weighted by molar-refractivity contribution is 0.315. The Balaban J connectivity index is 1.95. The van der Waals surface area contributed by atoms with E-state index in [1.165, 1.54) is 5.56 Å². The van der Waals surface area contributed by atoms with Gasteiger partial charge in [0, 0.05) is 28.9 Å². The molecule has 3 heterocycles. The average molecular weight is 270 g/mol. The molecule has 4 heteroatoms. The first-order valence-electron chi connectivity index (χ1n) is 7.05. The van der Waals surface area contributed by atoms with E-state index in [4.69, 9.17) is 14.6 Å². The van der Waals surface area contributed by atoms with Gasteiger partial charge in [0.25, 0.3) is 0 Å². The Labute approximate surface area is 117 Å². The highest BCUT2D eigenvalue weighted by Gasteiger charge is 2.33. The number of benzene rings is 1. The van der Waals surface area contributed by atoms with Crippen LogP contribution in [0.3, 0.4) is 0 Å². The number of likely N-dealkylation sites (tertiary alicyclic amines) is 1. The highest BCUT2D eigenvalue weighted by Crippen LogP contribution is 2.41. The molecule has 1 aromatic carbocycles. The first-order chi connectivity index (χ1) is 9.78. The Morgan fingerprint density at radius 3 is 2.95 bits per heavy atom. The van der Waals surface area contributed by atoms with Crippen LogP contribution in [-0.2, 0) is 0 Å². The van der Waals surface area contributed by atoms with Gasteiger partial charge < -0.3 is 14.6 Å². The van der Waals surface area contributed by atoms with Gasteiger partial charge in [0.1, 0.15) is 11.2 Å². The summed E-state index contributed by atoms with van der Waals surface area (Å²) < 4.78 is 11.4. The van der Waals surface area contributed by atoms with Crippen molar-refractivity contribution in [2.24, 2.45) is 11.7 Å². The number of rotatable bonds is 2. The molecule has 4 rings (SSSR count). The zero-order chi connectivity index (χ0) is 13.7. The lowest BCUT2D eigenvalue weighted by atomic mass is 9.95. The van der Waals surface area contributed by atoms with E-state index in [2.05, 4.69) is 11.9 Å². The van der Waals surface area contributed by atoms with Gasteiger partial charge in [-0.15, -0.1) is 0 Å². The normalized spacial score (nSPS) is 24.1. The van der Waals surface area contributed by atoms with Crippen molar-refractivity contribution in [2.45, 2.75) is 12.5 Å². The zero-order valence-electron chi connectivity index (χ0n) is 11.5. The van der Waals surface area contributed by atoms with Crippen molar-refractivity contribution in [3.8, 4) is 0 Å². The number of fused-ring (bicyclic) bond motifs is 2. The van der Waals surface area contributed by atoms with Crippen molar-refractivity contribution >= 4 is 21.9 Å². The molecule has 2 aromatic heterocycles. The quantitative estimate of drug-likeness (QED) is 0.777. The Hall–Kier alpha value is -1.78. The van der Waals surface area contributed by atoms with Crippen LogP contribution in [0.5, 0.6) is 0 Å². The summed E-state index contributed by atoms with van der Waals surface area (Å²) in [6.45, 7) is 1.78. The van der Waals surface area contributed by atoms with E-state index in [9.17, 15) is 0 Å². The van der Waals surface area contributed by atoms with Crippen molar-refractivity contribution in [3.63, 3.8) is 0 Å². The zero-order valence-corrected chi connectivity index (χ0v) is 11.5. The van der Waals surface area contributed by atoms with Crippen LogP contribution in [0.4, 0.5) is 0 Å². The topological polar surface area (TPSA) is 55.5 Å². The van der Waals surface area contributed by atoms with Crippen LogP contribution in [0.25, 0.3) is 21.9 Å². The molecule has 0 aliphatic carbocycles. The van der Waals surface area contributed by atoms with E-state index in [1.54, 1.807) is 12.5 Å². The largest absolute Gasteiger partial charge is 0.464 e. The summed E-state index contributed by atoms with van der Waals surface area (Å²) in [5.41, 5.74) is 9.01. The molecule has 0 spiro atoms. The summed E-state index contributed by atoms with van der Waals surface area (Å²) in [5, 5.41) is 2.26. The second kappa shape index (κ2) is 4.36. The fourth-order valence-electron chi connectivity index (χ4n) is 3.52. The molecule has 20 heavy (non-hydrogen) atoms. The van der Waals surface area contributed by atoms with Gasteiger partial charge in [0.05, 0.1) is 12.5 Å². The van der Waals surface area contributed by atoms with Gasteiger partial charge in [-0.3, -0.25) is 4.90 Å². The summed E-state index contributed by atoms with van der Waals surface area (Å²) in [5.74, 6) is 0.553. The predicted octanol–water partition coefficient (Wildman–Crippen LogP) is 3.13. The molecule has 104 valence electrons. The second-order valence-corrected chi connectivity index (χ2v) is 5.75. The third-order valence-electron chi connectivity index (χ3n) is 4.51. The van der Waals surface area contributed by atoms with E-state index in [-0.39, 0.29) is 0 Å². The second-order valence-electron chi connectivity index (χ2n) is 5.75. The molecule has 2 unspecified atom stereocenters. The SMILES string of the molecule is CN1CC(CN)CC1c1c2ccoc2cc2ccoc12. The van der Waals surface area contributed by atoms with E-state index in [1.807, 2.05) is 18.2 Å². The van der Waals surface area contributed by atoms with E-state index < -0.39 is 0 Å². The summed E-state index contributed by atoms with van der Waals surface area (Å²) in [6, 6.07) is 6.43. The molecule has 0 radical (unpaired) electrons. The molecule has 1 aliphatic heterocycles. The Bertz CT molecular complexity index is 709. The van der Waals surface area contributed by atoms with Crippen LogP contribution in [0.15, 0.2) is 39.6 Å². The number of furan rings is 2. The van der Waals surface area contributed by atoms with Crippen LogP contribution in [0, 0.1) is 5.92 Å². The summed E-state index contributed by atoms with van der Waals surface area (Å²) >= 11 is 0. The lowest BCUT2D eigenvalue weighted by Gasteiger charge is -2.20. The van der Waals surface area contributed by atoms with Crippen LogP contribution in [0.1, 0.15) is 18.0 Å². The minimum absolute atomic E-state index is 0.346. The molecule has 1 saturated heterocycles. The van der Waals surface area contributed by atoms with Crippen LogP contribution in [-0.4, -0.2) is 25.0 Å². The van der Waals surface area contributed by atoms with Gasteiger partial charge in [-0.2, -0.15) is 0 Å². The summed E-state index contributed by atoms with van der Waals surface area (Å²) in [4.78, 5) is 2.38. The van der Waals surface area contributed by atoms with Gasteiger partial charge in [-0.25, -0.2) is 0 Å². The van der Waals surface area contributed by atoms with Crippen LogP contribution < -0.4 is 5.73 Å². The molecular weight excluding hydrogens is 252 g/mol. The molecule has 1 aliphatic rings. The summed E-state index contributed by atoms with van der Waals surface area (Å²) in [7, 11) is 2.16. The molecular formula is C16H18N2O2. The molecule has 2 N–H and O–H groups in total. The predicted molar refractivity (Wildman–Crippen MR) is 78.5 cm³/mol. The maximum absolute atomic E-state index is 5.85. The average Bonchev–Trinajstić information content (AvgIpc) is 3.14. The van der Waals surface area contributed by atoms with Gasteiger partial charge in [-0.1, -0.05) is 0 Å². The Morgan fingerprint density at radius 1 is 1.30 bits per heavy atom. The number of nitrogens with zero attached hydrogens (tertiary/aromatic N) is 1. The van der Waals surface area contributed by atoms with Gasteiger partial charge >= 0.3 is 0 Å². The van der Waals surface area contributed by atoms with Crippen LogP contribution >= 0.6 is 0 Å².